The van der Waals surface area contributed by atoms with E-state index in [4.69, 9.17) is 10.5 Å². The highest BCUT2D eigenvalue weighted by Crippen LogP contribution is 2.16. The molecule has 2 unspecified atom stereocenters. The number of phenols is 1. The van der Waals surface area contributed by atoms with E-state index in [0.29, 0.717) is 19.7 Å². The lowest BCUT2D eigenvalue weighted by atomic mass is 10.1. The van der Waals surface area contributed by atoms with Crippen LogP contribution in [0, 0.1) is 0 Å². The highest BCUT2D eigenvalue weighted by Gasteiger charge is 2.28. The Labute approximate surface area is 113 Å². The minimum absolute atomic E-state index is 0.0415. The van der Waals surface area contributed by atoms with Gasteiger partial charge in [-0.25, -0.2) is 0 Å². The molecule has 1 aliphatic heterocycles. The van der Waals surface area contributed by atoms with E-state index in [-0.39, 0.29) is 30.2 Å². The van der Waals surface area contributed by atoms with Gasteiger partial charge in [-0.15, -0.1) is 0 Å². The summed E-state index contributed by atoms with van der Waals surface area (Å²) in [6.45, 7) is 3.44. The standard InChI is InChI=1S/C14H20N2O3/c1-10-9-19-13(7-15)8-16(10)14(18)6-11-3-2-4-12(17)5-11/h2-5,10,13,17H,6-9,15H2,1H3. The average molecular weight is 264 g/mol. The smallest absolute Gasteiger partial charge is 0.227 e. The summed E-state index contributed by atoms with van der Waals surface area (Å²) in [5.41, 5.74) is 6.40. The summed E-state index contributed by atoms with van der Waals surface area (Å²) in [6, 6.07) is 6.85. The number of nitrogens with zero attached hydrogens (tertiary/aromatic N) is 1. The van der Waals surface area contributed by atoms with Gasteiger partial charge in [0.15, 0.2) is 0 Å². The van der Waals surface area contributed by atoms with Gasteiger partial charge in [0.2, 0.25) is 5.91 Å². The Hall–Kier alpha value is -1.59. The first-order chi connectivity index (χ1) is 9.10. The van der Waals surface area contributed by atoms with Crippen LogP contribution in [0.25, 0.3) is 0 Å². The van der Waals surface area contributed by atoms with Crippen LogP contribution in [0.1, 0.15) is 12.5 Å². The van der Waals surface area contributed by atoms with Crippen LogP contribution in [0.3, 0.4) is 0 Å². The lowest BCUT2D eigenvalue weighted by molar-refractivity contribution is -0.142. The van der Waals surface area contributed by atoms with Gasteiger partial charge >= 0.3 is 0 Å². The topological polar surface area (TPSA) is 75.8 Å². The van der Waals surface area contributed by atoms with Gasteiger partial charge in [-0.1, -0.05) is 12.1 Å². The lowest BCUT2D eigenvalue weighted by Crippen LogP contribution is -2.53. The Morgan fingerprint density at radius 3 is 3.05 bits per heavy atom. The van der Waals surface area contributed by atoms with Crippen molar-refractivity contribution in [3.8, 4) is 5.75 Å². The van der Waals surface area contributed by atoms with E-state index in [0.717, 1.165) is 5.56 Å². The van der Waals surface area contributed by atoms with Crippen LogP contribution >= 0.6 is 0 Å². The maximum atomic E-state index is 12.3. The summed E-state index contributed by atoms with van der Waals surface area (Å²) in [7, 11) is 0. The zero-order valence-corrected chi connectivity index (χ0v) is 11.1. The van der Waals surface area contributed by atoms with Crippen LogP contribution in [-0.4, -0.2) is 47.8 Å². The summed E-state index contributed by atoms with van der Waals surface area (Å²) in [6.07, 6.45) is 0.208. The first-order valence-electron chi connectivity index (χ1n) is 6.49. The summed E-state index contributed by atoms with van der Waals surface area (Å²) in [4.78, 5) is 14.1. The molecule has 0 saturated carbocycles. The molecule has 5 heteroatoms. The first-order valence-corrected chi connectivity index (χ1v) is 6.49. The molecule has 2 atom stereocenters. The summed E-state index contributed by atoms with van der Waals surface area (Å²) in [5.74, 6) is 0.222. The fraction of sp³-hybridized carbons (Fsp3) is 0.500. The predicted molar refractivity (Wildman–Crippen MR) is 71.8 cm³/mol. The third-order valence-corrected chi connectivity index (χ3v) is 3.35. The molecular weight excluding hydrogens is 244 g/mol. The van der Waals surface area contributed by atoms with Gasteiger partial charge < -0.3 is 20.5 Å². The van der Waals surface area contributed by atoms with Gasteiger partial charge in [-0.2, -0.15) is 0 Å². The number of hydrogen-bond acceptors (Lipinski definition) is 4. The molecule has 0 radical (unpaired) electrons. The highest BCUT2D eigenvalue weighted by molar-refractivity contribution is 5.79. The number of benzene rings is 1. The van der Waals surface area contributed by atoms with Gasteiger partial charge in [0.1, 0.15) is 5.75 Å². The molecule has 1 aromatic carbocycles. The first kappa shape index (κ1) is 13.8. The Kier molecular flexibility index (Phi) is 4.39. The molecule has 3 N–H and O–H groups in total. The summed E-state index contributed by atoms with van der Waals surface area (Å²) < 4.78 is 5.53. The van der Waals surface area contributed by atoms with Crippen molar-refractivity contribution in [1.29, 1.82) is 0 Å². The number of nitrogens with two attached hydrogens (primary N) is 1. The minimum atomic E-state index is -0.0793. The third kappa shape index (κ3) is 3.45. The molecule has 1 amide bonds. The Balaban J connectivity index is 2.02. The van der Waals surface area contributed by atoms with Crippen molar-refractivity contribution in [2.45, 2.75) is 25.5 Å². The van der Waals surface area contributed by atoms with Gasteiger partial charge in [0, 0.05) is 13.1 Å². The van der Waals surface area contributed by atoms with E-state index in [1.54, 1.807) is 18.2 Å². The number of carbonyl (C=O) groups excluding carboxylic acids is 1. The summed E-state index contributed by atoms with van der Waals surface area (Å²) in [5, 5.41) is 9.41. The van der Waals surface area contributed by atoms with Crippen molar-refractivity contribution in [3.63, 3.8) is 0 Å². The van der Waals surface area contributed by atoms with Crippen molar-refractivity contribution < 1.29 is 14.6 Å². The highest BCUT2D eigenvalue weighted by atomic mass is 16.5. The zero-order chi connectivity index (χ0) is 13.8. The van der Waals surface area contributed by atoms with Crippen molar-refractivity contribution in [2.75, 3.05) is 19.7 Å². The molecule has 0 aromatic heterocycles. The number of rotatable bonds is 3. The monoisotopic (exact) mass is 264 g/mol. The molecule has 5 nitrogen and oxygen atoms in total. The van der Waals surface area contributed by atoms with Gasteiger partial charge in [-0.05, 0) is 24.6 Å². The second kappa shape index (κ2) is 6.04. The average Bonchev–Trinajstić information content (AvgIpc) is 2.39. The van der Waals surface area contributed by atoms with Crippen LogP contribution < -0.4 is 5.73 Å². The van der Waals surface area contributed by atoms with E-state index in [1.165, 1.54) is 0 Å². The lowest BCUT2D eigenvalue weighted by Gasteiger charge is -2.37. The van der Waals surface area contributed by atoms with Crippen LogP contribution in [0.5, 0.6) is 5.75 Å². The van der Waals surface area contributed by atoms with Crippen LogP contribution in [0.4, 0.5) is 0 Å². The van der Waals surface area contributed by atoms with Crippen molar-refractivity contribution in [1.82, 2.24) is 4.90 Å². The Morgan fingerprint density at radius 2 is 2.37 bits per heavy atom. The van der Waals surface area contributed by atoms with E-state index >= 15 is 0 Å². The number of aromatic hydroxyl groups is 1. The maximum Gasteiger partial charge on any atom is 0.227 e. The Bertz CT molecular complexity index is 450. The molecule has 1 heterocycles. The molecule has 2 rings (SSSR count). The molecule has 1 fully saturated rings. The molecule has 1 aromatic rings. The van der Waals surface area contributed by atoms with Gasteiger partial charge in [-0.3, -0.25) is 4.79 Å². The molecule has 0 aliphatic carbocycles. The van der Waals surface area contributed by atoms with Crippen LogP contribution in [-0.2, 0) is 16.0 Å². The second-order valence-corrected chi connectivity index (χ2v) is 4.93. The normalized spacial score (nSPS) is 23.4. The quantitative estimate of drug-likeness (QED) is 0.834. The molecule has 1 aliphatic rings. The molecule has 104 valence electrons. The number of amides is 1. The maximum absolute atomic E-state index is 12.3. The summed E-state index contributed by atoms with van der Waals surface area (Å²) >= 11 is 0. The van der Waals surface area contributed by atoms with Crippen LogP contribution in [0.2, 0.25) is 0 Å². The molecule has 0 bridgehead atoms. The Morgan fingerprint density at radius 1 is 1.58 bits per heavy atom. The van der Waals surface area contributed by atoms with Crippen molar-refractivity contribution in [3.05, 3.63) is 29.8 Å². The van der Waals surface area contributed by atoms with Crippen LogP contribution in [0.15, 0.2) is 24.3 Å². The number of hydrogen-bond donors (Lipinski definition) is 2. The molecule has 0 spiro atoms. The zero-order valence-electron chi connectivity index (χ0n) is 11.1. The predicted octanol–water partition coefficient (Wildman–Crippen LogP) is 0.509. The fourth-order valence-electron chi connectivity index (χ4n) is 2.25. The second-order valence-electron chi connectivity index (χ2n) is 4.93. The fourth-order valence-corrected chi connectivity index (χ4v) is 2.25. The van der Waals surface area contributed by atoms with E-state index in [2.05, 4.69) is 0 Å². The van der Waals surface area contributed by atoms with E-state index < -0.39 is 0 Å². The third-order valence-electron chi connectivity index (χ3n) is 3.35. The molecule has 1 saturated heterocycles. The molecule has 19 heavy (non-hydrogen) atoms. The van der Waals surface area contributed by atoms with E-state index in [9.17, 15) is 9.90 Å². The van der Waals surface area contributed by atoms with Crippen molar-refractivity contribution >= 4 is 5.91 Å². The van der Waals surface area contributed by atoms with Crippen molar-refractivity contribution in [2.24, 2.45) is 5.73 Å². The van der Waals surface area contributed by atoms with Gasteiger partial charge in [0.25, 0.3) is 0 Å². The van der Waals surface area contributed by atoms with E-state index in [1.807, 2.05) is 17.9 Å². The molecular formula is C14H20N2O3. The number of morpholine rings is 1. The largest absolute Gasteiger partial charge is 0.508 e. The number of ether oxygens (including phenoxy) is 1. The SMILES string of the molecule is CC1COC(CN)CN1C(=O)Cc1cccc(O)c1. The number of carbonyl (C=O) groups is 1. The minimum Gasteiger partial charge on any atom is -0.508 e. The number of phenolic OH excluding ortho intramolecular Hbond substituents is 1. The van der Waals surface area contributed by atoms with Gasteiger partial charge in [0.05, 0.1) is 25.2 Å².